The molecule has 0 atom stereocenters. The number of benzene rings is 6. The van der Waals surface area contributed by atoms with Gasteiger partial charge in [-0.05, 0) is 71.2 Å². The largest absolute Gasteiger partial charge is 0.488 e. The van der Waals surface area contributed by atoms with Crippen LogP contribution in [0, 0.1) is 0 Å². The third-order valence-corrected chi connectivity index (χ3v) is 8.24. The lowest BCUT2D eigenvalue weighted by Gasteiger charge is -2.03. The second kappa shape index (κ2) is 13.3. The van der Waals surface area contributed by atoms with Crippen LogP contribution in [0.15, 0.2) is 147 Å². The molecule has 2 N–H and O–H groups in total. The molecule has 44 heavy (non-hydrogen) atoms. The summed E-state index contributed by atoms with van der Waals surface area (Å²) in [6.07, 6.45) is 0. The van der Waals surface area contributed by atoms with Gasteiger partial charge in [0.05, 0.1) is 0 Å². The lowest BCUT2D eigenvalue weighted by atomic mass is 9.81. The Morgan fingerprint density at radius 3 is 1.57 bits per heavy atom. The fourth-order valence-corrected chi connectivity index (χ4v) is 5.82. The zero-order valence-corrected chi connectivity index (χ0v) is 26.2. The van der Waals surface area contributed by atoms with E-state index in [2.05, 4.69) is 34.1 Å². The highest BCUT2D eigenvalue weighted by Gasteiger charge is 2.12. The molecule has 0 aliphatic heterocycles. The molecule has 0 saturated heterocycles. The minimum absolute atomic E-state index is 0.449. The van der Waals surface area contributed by atoms with Gasteiger partial charge < -0.3 is 18.9 Å². The maximum Gasteiger partial charge on any atom is 0.488 e. The summed E-state index contributed by atoms with van der Waals surface area (Å²) in [5.74, 6) is 0. The Balaban J connectivity index is 0.000000125. The Labute approximate surface area is 272 Å². The average molecular weight is 682 g/mol. The number of furan rings is 2. The highest BCUT2D eigenvalue weighted by Crippen LogP contribution is 2.37. The van der Waals surface area contributed by atoms with Crippen LogP contribution >= 0.6 is 39.1 Å². The van der Waals surface area contributed by atoms with Crippen molar-refractivity contribution < 1.29 is 18.9 Å². The number of rotatable bonds is 2. The van der Waals surface area contributed by atoms with Crippen molar-refractivity contribution in [2.75, 3.05) is 0 Å². The van der Waals surface area contributed by atoms with Crippen LogP contribution in [0.1, 0.15) is 0 Å². The van der Waals surface area contributed by atoms with Crippen molar-refractivity contribution in [1.29, 1.82) is 0 Å². The van der Waals surface area contributed by atoms with Crippen molar-refractivity contribution in [2.24, 2.45) is 0 Å². The molecule has 216 valence electrons. The summed E-state index contributed by atoms with van der Waals surface area (Å²) < 4.78 is 12.7. The van der Waals surface area contributed by atoms with E-state index in [0.29, 0.717) is 10.5 Å². The molecule has 6 aromatic carbocycles. The van der Waals surface area contributed by atoms with Gasteiger partial charge in [0.25, 0.3) is 0 Å². The number of fused-ring (bicyclic) bond motifs is 6. The van der Waals surface area contributed by atoms with Gasteiger partial charge in [-0.25, -0.2) is 0 Å². The van der Waals surface area contributed by atoms with Gasteiger partial charge in [0, 0.05) is 36.1 Å². The molecule has 8 aromatic rings. The summed E-state index contributed by atoms with van der Waals surface area (Å²) in [4.78, 5) is 0. The fourth-order valence-electron chi connectivity index (χ4n) is 5.01. The second-order valence-electron chi connectivity index (χ2n) is 9.92. The summed E-state index contributed by atoms with van der Waals surface area (Å²) in [6, 6.07) is 42.6. The van der Waals surface area contributed by atoms with E-state index < -0.39 is 7.12 Å². The number of halogens is 3. The maximum atomic E-state index is 8.63. The molecule has 8 rings (SSSR count). The maximum absolute atomic E-state index is 8.63. The summed E-state index contributed by atoms with van der Waals surface area (Å²) >= 11 is 15.1. The lowest BCUT2D eigenvalue weighted by molar-refractivity contribution is 0.426. The van der Waals surface area contributed by atoms with Gasteiger partial charge in [-0.2, -0.15) is 0 Å². The molecule has 0 amide bonds. The van der Waals surface area contributed by atoms with E-state index in [0.717, 1.165) is 58.9 Å². The fraction of sp³-hybridized carbons (Fsp3) is 0. The normalized spacial score (nSPS) is 10.8. The zero-order valence-electron chi connectivity index (χ0n) is 23.1. The van der Waals surface area contributed by atoms with Gasteiger partial charge >= 0.3 is 7.12 Å². The third-order valence-electron chi connectivity index (χ3n) is 7.08. The van der Waals surface area contributed by atoms with Gasteiger partial charge in [-0.15, -0.1) is 0 Å². The summed E-state index contributed by atoms with van der Waals surface area (Å²) in [6.45, 7) is 0. The first kappa shape index (κ1) is 30.0. The van der Waals surface area contributed by atoms with Gasteiger partial charge in [0.15, 0.2) is 0 Å². The topological polar surface area (TPSA) is 66.7 Å². The first-order chi connectivity index (χ1) is 21.4. The highest BCUT2D eigenvalue weighted by molar-refractivity contribution is 9.10. The van der Waals surface area contributed by atoms with E-state index in [-0.39, 0.29) is 0 Å². The summed E-state index contributed by atoms with van der Waals surface area (Å²) in [7, 11) is -1.41. The molecule has 4 nitrogen and oxygen atoms in total. The summed E-state index contributed by atoms with van der Waals surface area (Å²) in [5, 5.41) is 23.2. The predicted octanol–water partition coefficient (Wildman–Crippen LogP) is 10.3. The smallest absolute Gasteiger partial charge is 0.456 e. The first-order valence-electron chi connectivity index (χ1n) is 13.7. The molecule has 2 aromatic heterocycles. The van der Waals surface area contributed by atoms with Crippen molar-refractivity contribution in [3.63, 3.8) is 0 Å². The zero-order chi connectivity index (χ0) is 30.6. The molecule has 0 aliphatic carbocycles. The minimum atomic E-state index is -1.41. The quantitative estimate of drug-likeness (QED) is 0.178. The molecule has 2 heterocycles. The molecular weight excluding hydrogens is 658 g/mol. The Hall–Kier alpha value is -4.04. The van der Waals surface area contributed by atoms with Crippen LogP contribution in [0.3, 0.4) is 0 Å². The van der Waals surface area contributed by atoms with E-state index in [1.165, 1.54) is 5.56 Å². The van der Waals surface area contributed by atoms with Gasteiger partial charge in [0.2, 0.25) is 0 Å². The van der Waals surface area contributed by atoms with Crippen molar-refractivity contribution in [3.8, 4) is 11.1 Å². The molecule has 8 heteroatoms. The molecule has 0 fully saturated rings. The molecule has 0 saturated carbocycles. The number of hydrogen-bond acceptors (Lipinski definition) is 4. The number of hydrogen-bond donors (Lipinski definition) is 2. The monoisotopic (exact) mass is 680 g/mol. The average Bonchev–Trinajstić information content (AvgIpc) is 3.62. The van der Waals surface area contributed by atoms with Crippen LogP contribution < -0.4 is 5.46 Å². The molecule has 0 spiro atoms. The van der Waals surface area contributed by atoms with Gasteiger partial charge in [-0.1, -0.05) is 118 Å². The van der Waals surface area contributed by atoms with E-state index in [4.69, 9.17) is 42.1 Å². The Morgan fingerprint density at radius 2 is 0.977 bits per heavy atom. The van der Waals surface area contributed by atoms with E-state index in [1.807, 2.05) is 91.0 Å². The van der Waals surface area contributed by atoms with Crippen LogP contribution in [0.4, 0.5) is 0 Å². The number of para-hydroxylation sites is 2. The van der Waals surface area contributed by atoms with Crippen LogP contribution in [-0.4, -0.2) is 17.2 Å². The van der Waals surface area contributed by atoms with Gasteiger partial charge in [0.1, 0.15) is 22.3 Å². The Kier molecular flexibility index (Phi) is 9.08. The summed E-state index contributed by atoms with van der Waals surface area (Å²) in [5.41, 5.74) is 6.47. The molecule has 0 radical (unpaired) electrons. The first-order valence-corrected chi connectivity index (χ1v) is 15.3. The lowest BCUT2D eigenvalue weighted by Crippen LogP contribution is -2.29. The van der Waals surface area contributed by atoms with Crippen molar-refractivity contribution in [3.05, 3.63) is 148 Å². The van der Waals surface area contributed by atoms with Crippen molar-refractivity contribution in [1.82, 2.24) is 0 Å². The van der Waals surface area contributed by atoms with E-state index >= 15 is 0 Å². The SMILES string of the molecule is Brc1cccc2oc3ccccc3c12.Clc1ccc(-c2cccc3oc4ccccc4c23)cc1.OB(O)c1ccc(Cl)cc1. The second-order valence-corrected chi connectivity index (χ2v) is 11.6. The standard InChI is InChI=1S/C18H11ClO.C12H7BrO.C6H6BClO2/c19-13-10-8-12(9-11-13)14-5-3-7-17-18(14)15-4-1-2-6-16(15)20-17;13-9-5-3-7-11-12(9)8-4-1-2-6-10(8)14-11;8-6-3-1-5(2-4-6)7(9)10/h1-11H;1-7H;1-4,9-10H. The molecular formula is C36H24BBrCl2O4. The Morgan fingerprint density at radius 1 is 0.500 bits per heavy atom. The predicted molar refractivity (Wildman–Crippen MR) is 187 cm³/mol. The highest BCUT2D eigenvalue weighted by atomic mass is 79.9. The van der Waals surface area contributed by atoms with Crippen LogP contribution in [0.2, 0.25) is 10.0 Å². The van der Waals surface area contributed by atoms with E-state index in [1.54, 1.807) is 24.3 Å². The van der Waals surface area contributed by atoms with Gasteiger partial charge in [-0.3, -0.25) is 0 Å². The van der Waals surface area contributed by atoms with Crippen LogP contribution in [-0.2, 0) is 0 Å². The molecule has 0 bridgehead atoms. The van der Waals surface area contributed by atoms with Crippen LogP contribution in [0.25, 0.3) is 55.0 Å². The molecule has 0 aliphatic rings. The van der Waals surface area contributed by atoms with Crippen molar-refractivity contribution >= 4 is 95.6 Å². The van der Waals surface area contributed by atoms with E-state index in [9.17, 15) is 0 Å². The van der Waals surface area contributed by atoms with Crippen molar-refractivity contribution in [2.45, 2.75) is 0 Å². The van der Waals surface area contributed by atoms with Crippen LogP contribution in [0.5, 0.6) is 0 Å². The molecule has 0 unspecified atom stereocenters. The Bertz CT molecular complexity index is 2190. The minimum Gasteiger partial charge on any atom is -0.456 e. The third kappa shape index (κ3) is 6.41.